The second-order valence-electron chi connectivity index (χ2n) is 6.36. The number of alkyl halides is 1. The van der Waals surface area contributed by atoms with E-state index in [0.29, 0.717) is 12.4 Å². The van der Waals surface area contributed by atoms with Crippen LogP contribution in [0.5, 0.6) is 0 Å². The molecule has 0 aliphatic carbocycles. The van der Waals surface area contributed by atoms with Crippen LogP contribution in [-0.4, -0.2) is 39.0 Å². The van der Waals surface area contributed by atoms with Gasteiger partial charge in [0.25, 0.3) is 5.89 Å². The fourth-order valence-electron chi connectivity index (χ4n) is 3.06. The zero-order valence-corrected chi connectivity index (χ0v) is 14.0. The first kappa shape index (κ1) is 16.4. The Balaban J connectivity index is 1.47. The zero-order chi connectivity index (χ0) is 18.0. The van der Waals surface area contributed by atoms with Crippen LogP contribution in [0.3, 0.4) is 0 Å². The van der Waals surface area contributed by atoms with Crippen molar-refractivity contribution in [1.29, 1.82) is 0 Å². The molecule has 7 heteroatoms. The number of benzene rings is 1. The van der Waals surface area contributed by atoms with Gasteiger partial charge < -0.3 is 9.42 Å². The molecule has 2 aromatic heterocycles. The number of pyridine rings is 1. The smallest absolute Gasteiger partial charge is 0.266 e. The molecule has 1 atom stereocenters. The molecular formula is C19H17FN4O2. The van der Waals surface area contributed by atoms with Gasteiger partial charge in [-0.2, -0.15) is 4.98 Å². The first-order valence-electron chi connectivity index (χ1n) is 8.39. The fraction of sp³-hybridized carbons (Fsp3) is 0.263. The van der Waals surface area contributed by atoms with Gasteiger partial charge in [0, 0.05) is 30.9 Å². The first-order chi connectivity index (χ1) is 12.6. The fourth-order valence-corrected chi connectivity index (χ4v) is 3.06. The van der Waals surface area contributed by atoms with Crippen LogP contribution in [0.25, 0.3) is 11.4 Å². The summed E-state index contributed by atoms with van der Waals surface area (Å²) in [5.74, 6) is 0.131. The first-order valence-corrected chi connectivity index (χ1v) is 8.39. The van der Waals surface area contributed by atoms with E-state index in [0.717, 1.165) is 11.1 Å². The molecule has 1 aromatic carbocycles. The van der Waals surface area contributed by atoms with Crippen LogP contribution >= 0.6 is 0 Å². The summed E-state index contributed by atoms with van der Waals surface area (Å²) in [4.78, 5) is 22.1. The van der Waals surface area contributed by atoms with Crippen LogP contribution in [0.1, 0.15) is 17.9 Å². The van der Waals surface area contributed by atoms with Crippen molar-refractivity contribution in [3.63, 3.8) is 0 Å². The molecule has 26 heavy (non-hydrogen) atoms. The van der Waals surface area contributed by atoms with Crippen molar-refractivity contribution in [3.8, 4) is 11.4 Å². The molecule has 132 valence electrons. The third-order valence-corrected chi connectivity index (χ3v) is 4.49. The Hall–Kier alpha value is -3.09. The maximum atomic E-state index is 15.3. The minimum absolute atomic E-state index is 0.0759. The number of halogens is 1. The average molecular weight is 352 g/mol. The Morgan fingerprint density at radius 2 is 2.08 bits per heavy atom. The summed E-state index contributed by atoms with van der Waals surface area (Å²) in [6.07, 6.45) is 3.63. The lowest BCUT2D eigenvalue weighted by atomic mass is 10.1. The number of aromatic nitrogens is 3. The number of hydrogen-bond acceptors (Lipinski definition) is 5. The minimum atomic E-state index is -1.81. The number of nitrogens with zero attached hydrogens (tertiary/aromatic N) is 4. The number of carbonyl (C=O) groups excluding carboxylic acids is 1. The molecule has 0 radical (unpaired) electrons. The van der Waals surface area contributed by atoms with Crippen molar-refractivity contribution in [2.75, 3.05) is 13.1 Å². The van der Waals surface area contributed by atoms with Crippen molar-refractivity contribution < 1.29 is 13.7 Å². The average Bonchev–Trinajstić information content (AvgIpc) is 3.32. The van der Waals surface area contributed by atoms with Crippen molar-refractivity contribution in [2.24, 2.45) is 0 Å². The van der Waals surface area contributed by atoms with Crippen molar-refractivity contribution >= 4 is 5.91 Å². The Bertz CT molecular complexity index is 900. The number of likely N-dealkylation sites (tertiary alicyclic amines) is 1. The molecule has 3 heterocycles. The molecular weight excluding hydrogens is 335 g/mol. The van der Waals surface area contributed by atoms with E-state index in [1.165, 1.54) is 4.90 Å². The molecule has 4 rings (SSSR count). The summed E-state index contributed by atoms with van der Waals surface area (Å²) in [5, 5.41) is 3.88. The molecule has 3 aromatic rings. The Labute approximate surface area is 149 Å². The van der Waals surface area contributed by atoms with E-state index in [9.17, 15) is 4.79 Å². The van der Waals surface area contributed by atoms with Gasteiger partial charge in [-0.3, -0.25) is 9.78 Å². The highest BCUT2D eigenvalue weighted by molar-refractivity contribution is 5.79. The van der Waals surface area contributed by atoms with Crippen LogP contribution in [0.2, 0.25) is 0 Å². The maximum Gasteiger partial charge on any atom is 0.266 e. The maximum absolute atomic E-state index is 15.3. The lowest BCUT2D eigenvalue weighted by Gasteiger charge is -2.18. The van der Waals surface area contributed by atoms with Gasteiger partial charge in [0.2, 0.25) is 17.4 Å². The second-order valence-corrected chi connectivity index (χ2v) is 6.36. The molecule has 0 bridgehead atoms. The van der Waals surface area contributed by atoms with Crippen LogP contribution < -0.4 is 0 Å². The summed E-state index contributed by atoms with van der Waals surface area (Å²) < 4.78 is 20.5. The van der Waals surface area contributed by atoms with E-state index in [2.05, 4.69) is 15.1 Å². The third-order valence-electron chi connectivity index (χ3n) is 4.49. The Kier molecular flexibility index (Phi) is 4.20. The van der Waals surface area contributed by atoms with Gasteiger partial charge in [-0.1, -0.05) is 41.6 Å². The van der Waals surface area contributed by atoms with E-state index < -0.39 is 5.67 Å². The number of hydrogen-bond donors (Lipinski definition) is 0. The molecule has 6 nitrogen and oxygen atoms in total. The van der Waals surface area contributed by atoms with Gasteiger partial charge in [-0.25, -0.2) is 4.39 Å². The molecule has 1 aliphatic rings. The highest BCUT2D eigenvalue weighted by Gasteiger charge is 2.46. The Morgan fingerprint density at radius 3 is 2.85 bits per heavy atom. The number of rotatable bonds is 4. The summed E-state index contributed by atoms with van der Waals surface area (Å²) in [6, 6.07) is 12.8. The van der Waals surface area contributed by atoms with Gasteiger partial charge in [0.15, 0.2) is 0 Å². The third kappa shape index (κ3) is 3.20. The molecule has 1 aliphatic heterocycles. The van der Waals surface area contributed by atoms with Gasteiger partial charge in [-0.05, 0) is 11.6 Å². The highest BCUT2D eigenvalue weighted by Crippen LogP contribution is 2.36. The number of carbonyl (C=O) groups is 1. The van der Waals surface area contributed by atoms with Crippen molar-refractivity contribution in [3.05, 3.63) is 66.3 Å². The molecule has 1 fully saturated rings. The second kappa shape index (κ2) is 6.67. The quantitative estimate of drug-likeness (QED) is 0.722. The van der Waals surface area contributed by atoms with Crippen molar-refractivity contribution in [1.82, 2.24) is 20.0 Å². The lowest BCUT2D eigenvalue weighted by molar-refractivity contribution is -0.130. The number of amides is 1. The molecule has 1 saturated heterocycles. The predicted molar refractivity (Wildman–Crippen MR) is 91.7 cm³/mol. The van der Waals surface area contributed by atoms with Gasteiger partial charge >= 0.3 is 0 Å². The van der Waals surface area contributed by atoms with E-state index in [-0.39, 0.29) is 31.2 Å². The monoisotopic (exact) mass is 352 g/mol. The van der Waals surface area contributed by atoms with Gasteiger partial charge in [0.05, 0.1) is 13.0 Å². The predicted octanol–water partition coefficient (Wildman–Crippen LogP) is 2.77. The van der Waals surface area contributed by atoms with Gasteiger partial charge in [-0.15, -0.1) is 0 Å². The topological polar surface area (TPSA) is 72.1 Å². The zero-order valence-electron chi connectivity index (χ0n) is 14.0. The standard InChI is InChI=1S/C19H17FN4O2/c20-19(18-22-17(23-26-18)15-6-2-1-3-7-15)8-10-24(13-19)16(25)11-14-5-4-9-21-12-14/h1-7,9,12H,8,10-11,13H2. The summed E-state index contributed by atoms with van der Waals surface area (Å²) in [7, 11) is 0. The SMILES string of the molecule is O=C(Cc1cccnc1)N1CCC(F)(c2nc(-c3ccccc3)no2)C1. The highest BCUT2D eigenvalue weighted by atomic mass is 19.1. The van der Waals surface area contributed by atoms with Crippen LogP contribution in [0.4, 0.5) is 4.39 Å². The van der Waals surface area contributed by atoms with E-state index in [4.69, 9.17) is 4.52 Å². The molecule has 0 N–H and O–H groups in total. The van der Waals surface area contributed by atoms with Crippen LogP contribution in [-0.2, 0) is 16.9 Å². The Morgan fingerprint density at radius 1 is 1.23 bits per heavy atom. The molecule has 0 spiro atoms. The lowest BCUT2D eigenvalue weighted by Crippen LogP contribution is -2.33. The minimum Gasteiger partial charge on any atom is -0.339 e. The largest absolute Gasteiger partial charge is 0.339 e. The molecule has 0 saturated carbocycles. The van der Waals surface area contributed by atoms with Gasteiger partial charge in [0.1, 0.15) is 0 Å². The van der Waals surface area contributed by atoms with E-state index in [1.807, 2.05) is 36.4 Å². The van der Waals surface area contributed by atoms with Crippen molar-refractivity contribution in [2.45, 2.75) is 18.5 Å². The summed E-state index contributed by atoms with van der Waals surface area (Å²) in [6.45, 7) is 0.237. The normalized spacial score (nSPS) is 19.7. The molecule has 1 unspecified atom stereocenters. The van der Waals surface area contributed by atoms with Crippen LogP contribution in [0.15, 0.2) is 59.4 Å². The van der Waals surface area contributed by atoms with Crippen LogP contribution in [0, 0.1) is 0 Å². The van der Waals surface area contributed by atoms with E-state index in [1.54, 1.807) is 18.5 Å². The summed E-state index contributed by atoms with van der Waals surface area (Å²) in [5.41, 5.74) is -0.253. The van der Waals surface area contributed by atoms with E-state index >= 15 is 4.39 Å². The molecule has 1 amide bonds. The summed E-state index contributed by atoms with van der Waals surface area (Å²) >= 11 is 0.